The van der Waals surface area contributed by atoms with E-state index < -0.39 is 0 Å². The van der Waals surface area contributed by atoms with Gasteiger partial charge in [0.05, 0.1) is 11.4 Å². The van der Waals surface area contributed by atoms with Gasteiger partial charge < -0.3 is 9.80 Å². The minimum Gasteiger partial charge on any atom is -0.317 e. The molecular weight excluding hydrogens is 605 g/mol. The number of benzene rings is 5. The lowest BCUT2D eigenvalue weighted by atomic mass is 9.99. The molecule has 50 heavy (non-hydrogen) atoms. The fourth-order valence-corrected chi connectivity index (χ4v) is 6.43. The molecule has 0 saturated carbocycles. The van der Waals surface area contributed by atoms with Gasteiger partial charge in [0.15, 0.2) is 0 Å². The van der Waals surface area contributed by atoms with Gasteiger partial charge in [-0.25, -0.2) is 0 Å². The number of anilines is 4. The molecule has 2 heteroatoms. The first-order chi connectivity index (χ1) is 24.4. The Morgan fingerprint density at radius 1 is 0.600 bits per heavy atom. The first-order valence-corrected chi connectivity index (χ1v) is 17.3. The van der Waals surface area contributed by atoms with E-state index in [1.54, 1.807) is 0 Å². The van der Waals surface area contributed by atoms with Crippen LogP contribution >= 0.6 is 0 Å². The molecule has 0 bridgehead atoms. The molecule has 5 rings (SSSR count). The molecule has 0 aliphatic heterocycles. The summed E-state index contributed by atoms with van der Waals surface area (Å²) in [6.07, 6.45) is 24.9. The van der Waals surface area contributed by atoms with Crippen LogP contribution in [0.5, 0.6) is 0 Å². The summed E-state index contributed by atoms with van der Waals surface area (Å²) in [5, 5.41) is 2.43. The Hall–Kier alpha value is -5.86. The second-order valence-corrected chi connectivity index (χ2v) is 12.3. The molecule has 0 fully saturated rings. The second kappa shape index (κ2) is 17.0. The third kappa shape index (κ3) is 7.88. The first-order valence-electron chi connectivity index (χ1n) is 17.3. The standard InChI is InChI=1S/C48H48N2/c1-8-12-13-14-17-35-49(47-36(5)23-25-39(18-9-2)38(47)7)43-31-27-40(28-32-43)41-29-33-45(34-30-41)50(44(19-10-3)20-11-4)48-37(6)24-26-42-21-15-16-22-46(42)48/h8-35H,3H2,1-2,4-7H3/b12-8-,14-13-,18-9-,20-11-,35-17+,44-19+. The van der Waals surface area contributed by atoms with Crippen molar-refractivity contribution in [3.8, 4) is 11.1 Å². The predicted molar refractivity (Wildman–Crippen MR) is 222 cm³/mol. The molecule has 0 amide bonds. The van der Waals surface area contributed by atoms with Crippen LogP contribution in [0, 0.1) is 20.8 Å². The lowest BCUT2D eigenvalue weighted by Gasteiger charge is -2.29. The van der Waals surface area contributed by atoms with Gasteiger partial charge in [0.25, 0.3) is 0 Å². The van der Waals surface area contributed by atoms with Crippen molar-refractivity contribution in [2.75, 3.05) is 9.80 Å². The van der Waals surface area contributed by atoms with Crippen molar-refractivity contribution in [2.45, 2.75) is 41.5 Å². The van der Waals surface area contributed by atoms with E-state index >= 15 is 0 Å². The Morgan fingerprint density at radius 3 is 1.90 bits per heavy atom. The van der Waals surface area contributed by atoms with Crippen molar-refractivity contribution < 1.29 is 0 Å². The summed E-state index contributed by atoms with van der Waals surface area (Å²) in [5.74, 6) is 0. The van der Waals surface area contributed by atoms with Crippen molar-refractivity contribution in [3.05, 3.63) is 199 Å². The van der Waals surface area contributed by atoms with Gasteiger partial charge in [-0.05, 0) is 123 Å². The molecule has 0 atom stereocenters. The summed E-state index contributed by atoms with van der Waals surface area (Å²) in [5.41, 5.74) is 12.8. The maximum atomic E-state index is 4.03. The number of allylic oxidation sites excluding steroid dienone is 10. The van der Waals surface area contributed by atoms with Crippen LogP contribution in [0.1, 0.15) is 43.0 Å². The van der Waals surface area contributed by atoms with Crippen molar-refractivity contribution in [2.24, 2.45) is 0 Å². The number of hydrogen-bond donors (Lipinski definition) is 0. The van der Waals surface area contributed by atoms with Crippen molar-refractivity contribution in [1.29, 1.82) is 0 Å². The van der Waals surface area contributed by atoms with Gasteiger partial charge in [0.2, 0.25) is 0 Å². The zero-order chi connectivity index (χ0) is 35.5. The van der Waals surface area contributed by atoms with E-state index in [-0.39, 0.29) is 0 Å². The van der Waals surface area contributed by atoms with Gasteiger partial charge in [-0.15, -0.1) is 0 Å². The Bertz CT molecular complexity index is 2120. The Morgan fingerprint density at radius 2 is 1.24 bits per heavy atom. The molecule has 0 radical (unpaired) electrons. The predicted octanol–water partition coefficient (Wildman–Crippen LogP) is 14.0. The largest absolute Gasteiger partial charge is 0.317 e. The summed E-state index contributed by atoms with van der Waals surface area (Å²) in [7, 11) is 0. The minimum absolute atomic E-state index is 1.05. The molecule has 5 aromatic rings. The third-order valence-corrected chi connectivity index (χ3v) is 8.84. The summed E-state index contributed by atoms with van der Waals surface area (Å²) in [6, 6.07) is 35.2. The lowest BCUT2D eigenvalue weighted by Crippen LogP contribution is -2.16. The van der Waals surface area contributed by atoms with E-state index in [1.165, 1.54) is 44.4 Å². The van der Waals surface area contributed by atoms with Crippen LogP contribution in [0.3, 0.4) is 0 Å². The molecule has 0 N–H and O–H groups in total. The number of fused-ring (bicyclic) bond motifs is 1. The van der Waals surface area contributed by atoms with Gasteiger partial charge >= 0.3 is 0 Å². The molecule has 0 heterocycles. The average Bonchev–Trinajstić information content (AvgIpc) is 3.13. The van der Waals surface area contributed by atoms with Crippen LogP contribution in [0.25, 0.3) is 28.0 Å². The second-order valence-electron chi connectivity index (χ2n) is 12.3. The van der Waals surface area contributed by atoms with Crippen LogP contribution in [0.4, 0.5) is 22.7 Å². The highest BCUT2D eigenvalue weighted by atomic mass is 15.2. The number of aryl methyl sites for hydroxylation is 2. The average molecular weight is 653 g/mol. The van der Waals surface area contributed by atoms with Crippen LogP contribution in [-0.2, 0) is 0 Å². The quantitative estimate of drug-likeness (QED) is 0.124. The minimum atomic E-state index is 1.05. The van der Waals surface area contributed by atoms with E-state index in [2.05, 4.69) is 203 Å². The topological polar surface area (TPSA) is 6.48 Å². The van der Waals surface area contributed by atoms with Crippen LogP contribution in [-0.4, -0.2) is 0 Å². The Labute approximate surface area is 299 Å². The van der Waals surface area contributed by atoms with E-state index in [9.17, 15) is 0 Å². The van der Waals surface area contributed by atoms with E-state index in [0.717, 1.165) is 28.2 Å². The zero-order valence-corrected chi connectivity index (χ0v) is 30.3. The first kappa shape index (κ1) is 35.4. The molecular formula is C48H48N2. The molecule has 0 unspecified atom stereocenters. The maximum Gasteiger partial charge on any atom is 0.0569 e. The number of rotatable bonds is 12. The molecule has 0 saturated heterocycles. The SMILES string of the molecule is C=C/C=C(\C=C/C)N(c1ccc(-c2ccc(N(/C=C/C=C\C=C/C)c3c(C)ccc(/C=C\C)c3C)cc2)cc1)c1c(C)ccc2ccccc12. The summed E-state index contributed by atoms with van der Waals surface area (Å²) in [6.45, 7) is 16.7. The third-order valence-electron chi connectivity index (χ3n) is 8.84. The molecule has 0 aromatic heterocycles. The molecule has 0 aliphatic rings. The zero-order valence-electron chi connectivity index (χ0n) is 30.3. The highest BCUT2D eigenvalue weighted by molar-refractivity contribution is 5.99. The molecule has 250 valence electrons. The molecule has 0 aliphatic carbocycles. The number of hydrogen-bond acceptors (Lipinski definition) is 2. The highest BCUT2D eigenvalue weighted by Gasteiger charge is 2.19. The van der Waals surface area contributed by atoms with Gasteiger partial charge in [-0.3, -0.25) is 0 Å². The summed E-state index contributed by atoms with van der Waals surface area (Å²) < 4.78 is 0. The van der Waals surface area contributed by atoms with Crippen LogP contribution in [0.2, 0.25) is 0 Å². The smallest absolute Gasteiger partial charge is 0.0569 e. The fourth-order valence-electron chi connectivity index (χ4n) is 6.43. The van der Waals surface area contributed by atoms with E-state index in [0.29, 0.717) is 0 Å². The summed E-state index contributed by atoms with van der Waals surface area (Å²) >= 11 is 0. The lowest BCUT2D eigenvalue weighted by molar-refractivity contribution is 1.20. The van der Waals surface area contributed by atoms with E-state index in [1.807, 2.05) is 25.2 Å². The molecule has 5 aromatic carbocycles. The van der Waals surface area contributed by atoms with Crippen LogP contribution in [0.15, 0.2) is 176 Å². The maximum absolute atomic E-state index is 4.03. The normalized spacial score (nSPS) is 12.4. The Kier molecular flexibility index (Phi) is 12.0. The van der Waals surface area contributed by atoms with Gasteiger partial charge in [0.1, 0.15) is 0 Å². The highest BCUT2D eigenvalue weighted by Crippen LogP contribution is 2.40. The van der Waals surface area contributed by atoms with Gasteiger partial charge in [-0.2, -0.15) is 0 Å². The monoisotopic (exact) mass is 652 g/mol. The summed E-state index contributed by atoms with van der Waals surface area (Å²) in [4.78, 5) is 4.64. The van der Waals surface area contributed by atoms with Gasteiger partial charge in [-0.1, -0.05) is 128 Å². The Balaban J connectivity index is 1.55. The molecule has 2 nitrogen and oxygen atoms in total. The molecule has 0 spiro atoms. The van der Waals surface area contributed by atoms with E-state index in [4.69, 9.17) is 0 Å². The van der Waals surface area contributed by atoms with Crippen molar-refractivity contribution in [1.82, 2.24) is 0 Å². The van der Waals surface area contributed by atoms with Crippen molar-refractivity contribution >= 4 is 39.6 Å². The van der Waals surface area contributed by atoms with Crippen molar-refractivity contribution in [3.63, 3.8) is 0 Å². The fraction of sp³-hybridized carbons (Fsp3) is 0.125. The van der Waals surface area contributed by atoms with Gasteiger partial charge in [0, 0.05) is 28.7 Å². The van der Waals surface area contributed by atoms with Crippen LogP contribution < -0.4 is 9.80 Å². The number of nitrogens with zero attached hydrogens (tertiary/aromatic N) is 2.